The molecule has 2 amide bonds. The summed E-state index contributed by atoms with van der Waals surface area (Å²) in [6.45, 7) is 0.196. The maximum absolute atomic E-state index is 12.7. The molecular formula is C22H15NO4S. The van der Waals surface area contributed by atoms with Crippen molar-refractivity contribution in [3.8, 4) is 0 Å². The normalized spacial score (nSPS) is 15.6. The number of nitrogens with zero attached hydrogens (tertiary/aromatic N) is 1. The van der Waals surface area contributed by atoms with E-state index in [9.17, 15) is 14.4 Å². The number of hydrogen-bond donors (Lipinski definition) is 1. The van der Waals surface area contributed by atoms with Crippen molar-refractivity contribution in [1.82, 2.24) is 4.90 Å². The summed E-state index contributed by atoms with van der Waals surface area (Å²) in [6.07, 6.45) is 1.55. The zero-order valence-electron chi connectivity index (χ0n) is 14.7. The van der Waals surface area contributed by atoms with E-state index in [-0.39, 0.29) is 28.2 Å². The summed E-state index contributed by atoms with van der Waals surface area (Å²) in [5, 5.41) is 10.9. The van der Waals surface area contributed by atoms with Crippen LogP contribution in [0.25, 0.3) is 16.8 Å². The van der Waals surface area contributed by atoms with Gasteiger partial charge in [0.15, 0.2) is 0 Å². The standard InChI is InChI=1S/C22H15NO4S/c24-20-19(12-14-4-3-7-18(10-14)21(25)26)28-22(27)23(20)13-15-8-9-16-5-1-2-6-17(16)11-15/h1-12H,13H2,(H,25,26)/b19-12-. The molecule has 5 nitrogen and oxygen atoms in total. The first-order valence-electron chi connectivity index (χ1n) is 8.58. The van der Waals surface area contributed by atoms with Gasteiger partial charge in [0.1, 0.15) is 0 Å². The second-order valence-electron chi connectivity index (χ2n) is 6.38. The Kier molecular flexibility index (Phi) is 4.71. The van der Waals surface area contributed by atoms with E-state index in [2.05, 4.69) is 0 Å². The van der Waals surface area contributed by atoms with Crippen molar-refractivity contribution >= 4 is 45.7 Å². The van der Waals surface area contributed by atoms with Gasteiger partial charge in [0, 0.05) is 0 Å². The summed E-state index contributed by atoms with van der Waals surface area (Å²) in [5.41, 5.74) is 1.57. The highest BCUT2D eigenvalue weighted by molar-refractivity contribution is 8.18. The van der Waals surface area contributed by atoms with Gasteiger partial charge in [-0.2, -0.15) is 0 Å². The molecule has 28 heavy (non-hydrogen) atoms. The molecule has 0 aromatic heterocycles. The Labute approximate surface area is 165 Å². The van der Waals surface area contributed by atoms with Crippen molar-refractivity contribution in [1.29, 1.82) is 0 Å². The molecule has 1 fully saturated rings. The van der Waals surface area contributed by atoms with Crippen molar-refractivity contribution in [3.63, 3.8) is 0 Å². The van der Waals surface area contributed by atoms with Gasteiger partial charge in [0.25, 0.3) is 11.1 Å². The van der Waals surface area contributed by atoms with Crippen molar-refractivity contribution in [2.24, 2.45) is 0 Å². The summed E-state index contributed by atoms with van der Waals surface area (Å²) >= 11 is 0.865. The summed E-state index contributed by atoms with van der Waals surface area (Å²) in [6, 6.07) is 20.0. The first-order chi connectivity index (χ1) is 13.5. The van der Waals surface area contributed by atoms with Crippen LogP contribution in [0, 0.1) is 0 Å². The SMILES string of the molecule is O=C(O)c1cccc(/C=C2\SC(=O)N(Cc3ccc4ccccc4c3)C2=O)c1. The molecule has 3 aromatic carbocycles. The molecule has 1 heterocycles. The number of fused-ring (bicyclic) bond motifs is 1. The maximum Gasteiger partial charge on any atom is 0.335 e. The summed E-state index contributed by atoms with van der Waals surface area (Å²) in [4.78, 5) is 37.7. The first kappa shape index (κ1) is 18.0. The number of rotatable bonds is 4. The summed E-state index contributed by atoms with van der Waals surface area (Å²) < 4.78 is 0. The van der Waals surface area contributed by atoms with Gasteiger partial charge in [-0.05, 0) is 57.9 Å². The lowest BCUT2D eigenvalue weighted by atomic mass is 10.1. The van der Waals surface area contributed by atoms with Crippen LogP contribution in [0.2, 0.25) is 0 Å². The fraction of sp³-hybridized carbons (Fsp3) is 0.0455. The topological polar surface area (TPSA) is 74.7 Å². The van der Waals surface area contributed by atoms with Crippen molar-refractivity contribution in [3.05, 3.63) is 88.3 Å². The fourth-order valence-electron chi connectivity index (χ4n) is 3.07. The first-order valence-corrected chi connectivity index (χ1v) is 9.39. The minimum absolute atomic E-state index is 0.129. The molecule has 1 aliphatic rings. The molecular weight excluding hydrogens is 374 g/mol. The highest BCUT2D eigenvalue weighted by atomic mass is 32.2. The molecule has 0 radical (unpaired) electrons. The molecule has 0 atom stereocenters. The molecule has 1 aliphatic heterocycles. The number of imide groups is 1. The Morgan fingerprint density at radius 3 is 2.54 bits per heavy atom. The molecule has 3 aromatic rings. The molecule has 1 N–H and O–H groups in total. The number of carboxylic acid groups (broad SMARTS) is 1. The third-order valence-electron chi connectivity index (χ3n) is 4.46. The van der Waals surface area contributed by atoms with E-state index >= 15 is 0 Å². The van der Waals surface area contributed by atoms with Gasteiger partial charge in [-0.1, -0.05) is 48.5 Å². The van der Waals surface area contributed by atoms with Crippen LogP contribution in [-0.4, -0.2) is 27.1 Å². The average molecular weight is 389 g/mol. The number of aromatic carboxylic acids is 1. The monoisotopic (exact) mass is 389 g/mol. The van der Waals surface area contributed by atoms with E-state index in [0.29, 0.717) is 5.56 Å². The van der Waals surface area contributed by atoms with Crippen LogP contribution in [0.5, 0.6) is 0 Å². The Morgan fingerprint density at radius 2 is 1.75 bits per heavy atom. The average Bonchev–Trinajstić information content (AvgIpc) is 2.95. The van der Waals surface area contributed by atoms with Gasteiger partial charge in [0.05, 0.1) is 17.0 Å². The van der Waals surface area contributed by atoms with Crippen LogP contribution in [0.1, 0.15) is 21.5 Å². The molecule has 0 unspecified atom stereocenters. The van der Waals surface area contributed by atoms with Gasteiger partial charge in [-0.25, -0.2) is 4.79 Å². The van der Waals surface area contributed by atoms with E-state index in [4.69, 9.17) is 5.11 Å². The smallest absolute Gasteiger partial charge is 0.335 e. The van der Waals surface area contributed by atoms with Crippen LogP contribution in [-0.2, 0) is 11.3 Å². The van der Waals surface area contributed by atoms with Gasteiger partial charge in [0.2, 0.25) is 0 Å². The molecule has 0 spiro atoms. The van der Waals surface area contributed by atoms with Gasteiger partial charge in [-0.15, -0.1) is 0 Å². The van der Waals surface area contributed by atoms with Gasteiger partial charge < -0.3 is 5.11 Å². The predicted molar refractivity (Wildman–Crippen MR) is 109 cm³/mol. The number of benzene rings is 3. The quantitative estimate of drug-likeness (QED) is 0.650. The van der Waals surface area contributed by atoms with E-state index in [1.54, 1.807) is 18.2 Å². The Balaban J connectivity index is 1.58. The van der Waals surface area contributed by atoms with Crippen molar-refractivity contribution in [2.45, 2.75) is 6.54 Å². The molecule has 6 heteroatoms. The third-order valence-corrected chi connectivity index (χ3v) is 5.37. The highest BCUT2D eigenvalue weighted by Crippen LogP contribution is 2.33. The number of carbonyl (C=O) groups is 3. The van der Waals surface area contributed by atoms with Crippen LogP contribution < -0.4 is 0 Å². The zero-order chi connectivity index (χ0) is 19.7. The molecule has 4 rings (SSSR count). The van der Waals surface area contributed by atoms with E-state index in [1.807, 2.05) is 42.5 Å². The largest absolute Gasteiger partial charge is 0.478 e. The van der Waals surface area contributed by atoms with Crippen LogP contribution in [0.4, 0.5) is 4.79 Å². The van der Waals surface area contributed by atoms with Gasteiger partial charge >= 0.3 is 5.97 Å². The number of carboxylic acids is 1. The van der Waals surface area contributed by atoms with E-state index in [1.165, 1.54) is 17.0 Å². The molecule has 0 saturated carbocycles. The predicted octanol–water partition coefficient (Wildman–Crippen LogP) is 4.77. The van der Waals surface area contributed by atoms with Crippen molar-refractivity contribution in [2.75, 3.05) is 0 Å². The molecule has 1 saturated heterocycles. The van der Waals surface area contributed by atoms with Gasteiger partial charge in [-0.3, -0.25) is 14.5 Å². The lowest BCUT2D eigenvalue weighted by molar-refractivity contribution is -0.123. The van der Waals surface area contributed by atoms with Crippen LogP contribution >= 0.6 is 11.8 Å². The lowest BCUT2D eigenvalue weighted by Crippen LogP contribution is -2.27. The lowest BCUT2D eigenvalue weighted by Gasteiger charge is -2.13. The number of amides is 2. The zero-order valence-corrected chi connectivity index (χ0v) is 15.5. The molecule has 0 bridgehead atoms. The number of thioether (sulfide) groups is 1. The second-order valence-corrected chi connectivity index (χ2v) is 7.37. The molecule has 0 aliphatic carbocycles. The Morgan fingerprint density at radius 1 is 0.964 bits per heavy atom. The minimum atomic E-state index is -1.04. The number of carbonyl (C=O) groups excluding carboxylic acids is 2. The van der Waals surface area contributed by atoms with Crippen LogP contribution in [0.3, 0.4) is 0 Å². The van der Waals surface area contributed by atoms with E-state index in [0.717, 1.165) is 28.1 Å². The number of hydrogen-bond acceptors (Lipinski definition) is 4. The van der Waals surface area contributed by atoms with E-state index < -0.39 is 5.97 Å². The Bertz CT molecular complexity index is 1150. The second kappa shape index (κ2) is 7.32. The fourth-order valence-corrected chi connectivity index (χ4v) is 3.91. The summed E-state index contributed by atoms with van der Waals surface area (Å²) in [5.74, 6) is -1.41. The maximum atomic E-state index is 12.7. The minimum Gasteiger partial charge on any atom is -0.478 e. The molecule has 138 valence electrons. The Hall–Kier alpha value is -3.38. The van der Waals surface area contributed by atoms with Crippen molar-refractivity contribution < 1.29 is 19.5 Å². The summed E-state index contributed by atoms with van der Waals surface area (Å²) in [7, 11) is 0. The van der Waals surface area contributed by atoms with Crippen LogP contribution in [0.15, 0.2) is 71.6 Å². The third kappa shape index (κ3) is 3.54. The highest BCUT2D eigenvalue weighted by Gasteiger charge is 2.35.